The van der Waals surface area contributed by atoms with Crippen molar-refractivity contribution in [3.63, 3.8) is 0 Å². The molecule has 1 fully saturated rings. The van der Waals surface area contributed by atoms with E-state index in [9.17, 15) is 24.3 Å². The predicted octanol–water partition coefficient (Wildman–Crippen LogP) is 4.68. The standard InChI is InChI=1S/C30H24ClNO5/c1-15-11-24(34)22-13-20-18(25(27(22)28(15)35)21-12-17(31)7-10-23(21)33)8-9-19-26(20)30(37)32(29(19)36)14-16-5-3-2-4-6-16/h2-8,10-12,19-20,25-26,33H,9,13-14H2,1H3/t19-,20+,25+,26-/m0/s1. The Morgan fingerprint density at radius 1 is 1.00 bits per heavy atom. The maximum Gasteiger partial charge on any atom is 0.234 e. The van der Waals surface area contributed by atoms with Crippen molar-refractivity contribution >= 4 is 35.0 Å². The fraction of sp³-hybridized carbons (Fsp3) is 0.267. The number of allylic oxidation sites excluding steroid dienone is 6. The monoisotopic (exact) mass is 513 g/mol. The van der Waals surface area contributed by atoms with Gasteiger partial charge in [-0.15, -0.1) is 0 Å². The van der Waals surface area contributed by atoms with Gasteiger partial charge in [0, 0.05) is 33.2 Å². The first-order valence-electron chi connectivity index (χ1n) is 12.3. The van der Waals surface area contributed by atoms with Crippen molar-refractivity contribution in [3.05, 3.63) is 99.1 Å². The molecule has 2 amide bonds. The van der Waals surface area contributed by atoms with Crippen LogP contribution in [0.2, 0.25) is 5.02 Å². The topological polar surface area (TPSA) is 91.8 Å². The normalized spacial score (nSPS) is 27.0. The molecule has 6 nitrogen and oxygen atoms in total. The number of benzene rings is 2. The molecule has 6 rings (SSSR count). The zero-order valence-corrected chi connectivity index (χ0v) is 20.9. The summed E-state index contributed by atoms with van der Waals surface area (Å²) in [6, 6.07) is 14.0. The Bertz CT molecular complexity index is 1480. The fourth-order valence-corrected chi connectivity index (χ4v) is 6.64. The molecule has 4 aliphatic rings. The van der Waals surface area contributed by atoms with Crippen LogP contribution < -0.4 is 0 Å². The molecule has 0 radical (unpaired) electrons. The summed E-state index contributed by atoms with van der Waals surface area (Å²) in [5.74, 6) is -3.35. The quantitative estimate of drug-likeness (QED) is 0.365. The first kappa shape index (κ1) is 23.6. The minimum absolute atomic E-state index is 0.0445. The van der Waals surface area contributed by atoms with Gasteiger partial charge in [-0.1, -0.05) is 53.6 Å². The summed E-state index contributed by atoms with van der Waals surface area (Å²) in [5, 5.41) is 11.2. The Morgan fingerprint density at radius 3 is 2.51 bits per heavy atom. The number of amides is 2. The SMILES string of the molecule is CC1=CC(=O)C2=C(C1=O)[C@@H](c1cc(Cl)ccc1O)C1=CC[C@@H]3C(=O)N(Cc4ccccc4)C(=O)[C@@H]3[C@@H]1C2. The molecule has 0 unspecified atom stereocenters. The number of carbonyl (C=O) groups is 4. The Labute approximate surface area is 218 Å². The molecule has 3 aliphatic carbocycles. The maximum absolute atomic E-state index is 13.8. The molecular formula is C30H24ClNO5. The molecule has 1 heterocycles. The number of imide groups is 1. The van der Waals surface area contributed by atoms with Gasteiger partial charge in [0.15, 0.2) is 11.6 Å². The Balaban J connectivity index is 1.47. The van der Waals surface area contributed by atoms with Gasteiger partial charge in [0.1, 0.15) is 5.75 Å². The number of carbonyl (C=O) groups excluding carboxylic acids is 4. The average molecular weight is 514 g/mol. The largest absolute Gasteiger partial charge is 0.508 e. The van der Waals surface area contributed by atoms with Gasteiger partial charge in [-0.3, -0.25) is 24.1 Å². The molecule has 2 aromatic rings. The van der Waals surface area contributed by atoms with E-state index in [0.717, 1.165) is 11.1 Å². The van der Waals surface area contributed by atoms with Gasteiger partial charge in [-0.2, -0.15) is 0 Å². The van der Waals surface area contributed by atoms with Crippen molar-refractivity contribution in [1.82, 2.24) is 4.90 Å². The summed E-state index contributed by atoms with van der Waals surface area (Å²) in [6.45, 7) is 1.80. The van der Waals surface area contributed by atoms with Crippen LogP contribution in [-0.2, 0) is 25.7 Å². The van der Waals surface area contributed by atoms with E-state index >= 15 is 0 Å². The number of hydrogen-bond donors (Lipinski definition) is 1. The third kappa shape index (κ3) is 3.62. The number of halogens is 1. The lowest BCUT2D eigenvalue weighted by atomic mass is 9.59. The van der Waals surface area contributed by atoms with Crippen LogP contribution in [0.3, 0.4) is 0 Å². The summed E-state index contributed by atoms with van der Waals surface area (Å²) in [7, 11) is 0. The number of ketones is 2. The summed E-state index contributed by atoms with van der Waals surface area (Å²) >= 11 is 6.29. The Kier molecular flexibility index (Phi) is 5.53. The van der Waals surface area contributed by atoms with Crippen LogP contribution in [0.25, 0.3) is 0 Å². The van der Waals surface area contributed by atoms with Gasteiger partial charge in [-0.05, 0) is 55.5 Å². The number of hydrogen-bond acceptors (Lipinski definition) is 5. The van der Waals surface area contributed by atoms with Crippen LogP contribution in [-0.4, -0.2) is 33.4 Å². The first-order chi connectivity index (χ1) is 17.8. The molecular weight excluding hydrogens is 490 g/mol. The molecule has 7 heteroatoms. The van der Waals surface area contributed by atoms with Gasteiger partial charge in [0.25, 0.3) is 0 Å². The van der Waals surface area contributed by atoms with Gasteiger partial charge >= 0.3 is 0 Å². The van der Waals surface area contributed by atoms with E-state index in [1.54, 1.807) is 19.1 Å². The Hall–Kier alpha value is -3.77. The van der Waals surface area contributed by atoms with Crippen molar-refractivity contribution in [2.45, 2.75) is 32.2 Å². The lowest BCUT2D eigenvalue weighted by Gasteiger charge is -2.42. The van der Waals surface area contributed by atoms with Crippen LogP contribution in [0.4, 0.5) is 0 Å². The van der Waals surface area contributed by atoms with Gasteiger partial charge in [0.2, 0.25) is 11.8 Å². The average Bonchev–Trinajstić information content (AvgIpc) is 3.13. The highest BCUT2D eigenvalue weighted by molar-refractivity contribution is 6.30. The third-order valence-corrected chi connectivity index (χ3v) is 8.38. The molecule has 1 N–H and O–H groups in total. The molecule has 0 aromatic heterocycles. The molecule has 37 heavy (non-hydrogen) atoms. The van der Waals surface area contributed by atoms with Crippen molar-refractivity contribution in [3.8, 4) is 5.75 Å². The van der Waals surface area contributed by atoms with E-state index in [4.69, 9.17) is 11.6 Å². The minimum Gasteiger partial charge on any atom is -0.508 e. The molecule has 0 bridgehead atoms. The minimum atomic E-state index is -0.723. The second kappa shape index (κ2) is 8.67. The molecule has 1 saturated heterocycles. The molecule has 186 valence electrons. The zero-order valence-electron chi connectivity index (χ0n) is 20.1. The number of likely N-dealkylation sites (tertiary alicyclic amines) is 1. The first-order valence-corrected chi connectivity index (χ1v) is 12.7. The van der Waals surface area contributed by atoms with Crippen LogP contribution in [0.1, 0.15) is 36.8 Å². The van der Waals surface area contributed by atoms with E-state index in [-0.39, 0.29) is 42.1 Å². The summed E-state index contributed by atoms with van der Waals surface area (Å²) in [4.78, 5) is 55.1. The van der Waals surface area contributed by atoms with Crippen LogP contribution in [0.15, 0.2) is 83.0 Å². The van der Waals surface area contributed by atoms with Crippen molar-refractivity contribution < 1.29 is 24.3 Å². The second-order valence-corrected chi connectivity index (χ2v) is 10.6. The third-order valence-electron chi connectivity index (χ3n) is 8.14. The van der Waals surface area contributed by atoms with Crippen molar-refractivity contribution in [2.24, 2.45) is 17.8 Å². The van der Waals surface area contributed by atoms with Crippen LogP contribution in [0, 0.1) is 17.8 Å². The number of Topliss-reactive ketones (excluding diaryl/α,β-unsaturated/α-hetero) is 1. The van der Waals surface area contributed by atoms with E-state index in [1.165, 1.54) is 17.0 Å². The van der Waals surface area contributed by atoms with Gasteiger partial charge < -0.3 is 5.11 Å². The predicted molar refractivity (Wildman–Crippen MR) is 136 cm³/mol. The van der Waals surface area contributed by atoms with Crippen molar-refractivity contribution in [2.75, 3.05) is 0 Å². The molecule has 4 atom stereocenters. The van der Waals surface area contributed by atoms with Gasteiger partial charge in [-0.25, -0.2) is 0 Å². The molecule has 0 saturated carbocycles. The van der Waals surface area contributed by atoms with E-state index in [2.05, 4.69) is 0 Å². The van der Waals surface area contributed by atoms with E-state index in [1.807, 2.05) is 36.4 Å². The fourth-order valence-electron chi connectivity index (χ4n) is 6.46. The number of aromatic hydroxyl groups is 1. The van der Waals surface area contributed by atoms with Crippen LogP contribution >= 0.6 is 11.6 Å². The van der Waals surface area contributed by atoms with Crippen LogP contribution in [0.5, 0.6) is 5.75 Å². The smallest absolute Gasteiger partial charge is 0.234 e. The van der Waals surface area contributed by atoms with Crippen molar-refractivity contribution in [1.29, 1.82) is 0 Å². The summed E-state index contributed by atoms with van der Waals surface area (Å²) in [6.07, 6.45) is 3.83. The number of phenolic OH excluding ortho intramolecular Hbond substituents is 1. The van der Waals surface area contributed by atoms with Gasteiger partial charge in [0.05, 0.1) is 18.4 Å². The summed E-state index contributed by atoms with van der Waals surface area (Å²) in [5.41, 5.74) is 3.09. The molecule has 1 aliphatic heterocycles. The number of fused-ring (bicyclic) bond motifs is 3. The van der Waals surface area contributed by atoms with E-state index < -0.39 is 23.7 Å². The lowest BCUT2D eigenvalue weighted by molar-refractivity contribution is -0.140. The zero-order chi connectivity index (χ0) is 26.0. The molecule has 2 aromatic carbocycles. The summed E-state index contributed by atoms with van der Waals surface area (Å²) < 4.78 is 0. The number of nitrogens with zero attached hydrogens (tertiary/aromatic N) is 1. The molecule has 0 spiro atoms. The lowest BCUT2D eigenvalue weighted by Crippen LogP contribution is -2.39. The highest BCUT2D eigenvalue weighted by atomic mass is 35.5. The maximum atomic E-state index is 13.8. The highest BCUT2D eigenvalue weighted by Crippen LogP contribution is 2.56. The highest BCUT2D eigenvalue weighted by Gasteiger charge is 2.56. The Morgan fingerprint density at radius 2 is 1.76 bits per heavy atom. The number of rotatable bonds is 3. The second-order valence-electron chi connectivity index (χ2n) is 10.2. The van der Waals surface area contributed by atoms with E-state index in [0.29, 0.717) is 33.7 Å². The number of phenols is 1.